The molecule has 0 aromatic rings. The van der Waals surface area contributed by atoms with Crippen LogP contribution < -0.4 is 0 Å². The van der Waals surface area contributed by atoms with Crippen molar-refractivity contribution in [1.82, 2.24) is 0 Å². The first-order chi connectivity index (χ1) is 11.6. The fourth-order valence-corrected chi connectivity index (χ4v) is 5.94. The lowest BCUT2D eigenvalue weighted by molar-refractivity contribution is -0.240. The fraction of sp³-hybridized carbons (Fsp3) is 0.824. The number of carbonyl (C=O) groups excluding carboxylic acids is 3. The van der Waals surface area contributed by atoms with Crippen LogP contribution in [0.15, 0.2) is 0 Å². The van der Waals surface area contributed by atoms with Crippen molar-refractivity contribution in [2.75, 3.05) is 14.2 Å². The van der Waals surface area contributed by atoms with Gasteiger partial charge in [-0.2, -0.15) is 0 Å². The van der Waals surface area contributed by atoms with Crippen molar-refractivity contribution in [3.63, 3.8) is 0 Å². The zero-order valence-corrected chi connectivity index (χ0v) is 14.9. The average molecular weight is 354 g/mol. The van der Waals surface area contributed by atoms with Gasteiger partial charge in [-0.15, -0.1) is 0 Å². The Morgan fingerprint density at radius 2 is 1.76 bits per heavy atom. The van der Waals surface area contributed by atoms with Crippen molar-refractivity contribution in [3.05, 3.63) is 0 Å². The highest BCUT2D eigenvalue weighted by Gasteiger charge is 2.93. The normalized spacial score (nSPS) is 47.9. The third kappa shape index (κ3) is 1.43. The predicted octanol–water partition coefficient (Wildman–Crippen LogP) is 0.564. The molecule has 8 heteroatoms. The van der Waals surface area contributed by atoms with Crippen LogP contribution in [0.1, 0.15) is 33.6 Å². The molecule has 4 unspecified atom stereocenters. The minimum Gasteiger partial charge on any atom is -0.461 e. The summed E-state index contributed by atoms with van der Waals surface area (Å²) in [7, 11) is 2.92. The summed E-state index contributed by atoms with van der Waals surface area (Å²) in [5, 5.41) is 0. The van der Waals surface area contributed by atoms with Crippen molar-refractivity contribution >= 4 is 17.9 Å². The Hall–Kier alpha value is -1.67. The molecular formula is C17H22O8. The van der Waals surface area contributed by atoms with Crippen LogP contribution in [0.3, 0.4) is 0 Å². The number of rotatable bonds is 2. The number of hydrogen-bond acceptors (Lipinski definition) is 8. The van der Waals surface area contributed by atoms with Gasteiger partial charge in [-0.3, -0.25) is 9.59 Å². The molecule has 1 aliphatic carbocycles. The van der Waals surface area contributed by atoms with Gasteiger partial charge in [0, 0.05) is 20.6 Å². The van der Waals surface area contributed by atoms with Gasteiger partial charge in [0.05, 0.1) is 12.0 Å². The van der Waals surface area contributed by atoms with Crippen LogP contribution in [0.5, 0.6) is 0 Å². The minimum atomic E-state index is -1.36. The van der Waals surface area contributed by atoms with E-state index in [1.165, 1.54) is 14.2 Å². The van der Waals surface area contributed by atoms with Crippen LogP contribution in [0.4, 0.5) is 0 Å². The second-order valence-corrected chi connectivity index (χ2v) is 8.27. The lowest BCUT2D eigenvalue weighted by Crippen LogP contribution is -2.66. The molecule has 4 aliphatic rings. The van der Waals surface area contributed by atoms with E-state index in [9.17, 15) is 14.4 Å². The SMILES string of the molecule is CO[C@@H]1C(=O)OC2OC(=O)C34CC(=O)OC3C[C@@](OC)(C(C)(C)C)C214. The summed E-state index contributed by atoms with van der Waals surface area (Å²) >= 11 is 0. The molecule has 2 spiro atoms. The number of methoxy groups -OCH3 is 2. The molecule has 8 nitrogen and oxygen atoms in total. The fourth-order valence-electron chi connectivity index (χ4n) is 5.94. The largest absolute Gasteiger partial charge is 0.461 e. The van der Waals surface area contributed by atoms with E-state index >= 15 is 0 Å². The quantitative estimate of drug-likeness (QED) is 0.664. The highest BCUT2D eigenvalue weighted by molar-refractivity contribution is 5.95. The number of carbonyl (C=O) groups is 3. The van der Waals surface area contributed by atoms with Crippen LogP contribution in [-0.4, -0.2) is 56.2 Å². The molecule has 3 heterocycles. The van der Waals surface area contributed by atoms with Gasteiger partial charge in [-0.05, 0) is 5.41 Å². The van der Waals surface area contributed by atoms with Gasteiger partial charge in [0.2, 0.25) is 0 Å². The van der Waals surface area contributed by atoms with E-state index in [2.05, 4.69) is 0 Å². The second kappa shape index (κ2) is 4.54. The molecule has 0 bridgehead atoms. The lowest BCUT2D eigenvalue weighted by Gasteiger charge is -2.52. The minimum absolute atomic E-state index is 0.176. The number of hydrogen-bond donors (Lipinski definition) is 0. The molecule has 138 valence electrons. The van der Waals surface area contributed by atoms with Crippen LogP contribution in [0.2, 0.25) is 0 Å². The Morgan fingerprint density at radius 3 is 2.32 bits per heavy atom. The maximum absolute atomic E-state index is 13.0. The standard InChI is InChI=1S/C17H22O8/c1-14(2,3)16(22-5)6-8-15(7-9(18)23-8)12(20)25-13-17(15,16)10(21-4)11(19)24-13/h8,10,13H,6-7H2,1-5H3/t8?,10-,13?,15?,16-,17?/m1/s1. The van der Waals surface area contributed by atoms with Gasteiger partial charge in [0.25, 0.3) is 6.29 Å². The van der Waals surface area contributed by atoms with E-state index in [1.807, 2.05) is 20.8 Å². The molecule has 0 aromatic heterocycles. The molecule has 4 rings (SSSR count). The first kappa shape index (κ1) is 16.8. The molecule has 1 saturated carbocycles. The first-order valence-electron chi connectivity index (χ1n) is 8.31. The van der Waals surface area contributed by atoms with E-state index < -0.39 is 58.3 Å². The molecule has 3 saturated heterocycles. The number of esters is 3. The molecule has 0 aromatic carbocycles. The molecule has 0 radical (unpaired) electrons. The Balaban J connectivity index is 2.08. The van der Waals surface area contributed by atoms with Gasteiger partial charge in [0.1, 0.15) is 16.9 Å². The number of ether oxygens (including phenoxy) is 5. The van der Waals surface area contributed by atoms with Gasteiger partial charge in [-0.1, -0.05) is 20.8 Å². The monoisotopic (exact) mass is 354 g/mol. The van der Waals surface area contributed by atoms with Crippen LogP contribution in [-0.2, 0) is 38.1 Å². The zero-order chi connectivity index (χ0) is 18.4. The summed E-state index contributed by atoms with van der Waals surface area (Å²) in [5.74, 6) is -1.70. The Morgan fingerprint density at radius 1 is 1.08 bits per heavy atom. The van der Waals surface area contributed by atoms with Crippen molar-refractivity contribution < 1.29 is 38.1 Å². The van der Waals surface area contributed by atoms with Crippen molar-refractivity contribution in [3.8, 4) is 0 Å². The average Bonchev–Trinajstić information content (AvgIpc) is 3.12. The van der Waals surface area contributed by atoms with Gasteiger partial charge in [0.15, 0.2) is 6.10 Å². The van der Waals surface area contributed by atoms with Crippen molar-refractivity contribution in [2.24, 2.45) is 16.2 Å². The highest BCUT2D eigenvalue weighted by atomic mass is 16.7. The summed E-state index contributed by atoms with van der Waals surface area (Å²) in [6.45, 7) is 5.87. The second-order valence-electron chi connectivity index (χ2n) is 8.27. The van der Waals surface area contributed by atoms with Gasteiger partial charge in [-0.25, -0.2) is 4.79 Å². The van der Waals surface area contributed by atoms with Crippen molar-refractivity contribution in [1.29, 1.82) is 0 Å². The third-order valence-electron chi connectivity index (χ3n) is 6.72. The summed E-state index contributed by atoms with van der Waals surface area (Å²) in [6, 6.07) is 0. The Bertz CT molecular complexity index is 681. The third-order valence-corrected chi connectivity index (χ3v) is 6.72. The molecule has 0 N–H and O–H groups in total. The molecule has 6 atom stereocenters. The highest BCUT2D eigenvalue weighted by Crippen LogP contribution is 2.76. The van der Waals surface area contributed by atoms with E-state index in [4.69, 9.17) is 23.7 Å². The zero-order valence-electron chi connectivity index (χ0n) is 14.9. The van der Waals surface area contributed by atoms with Crippen LogP contribution in [0, 0.1) is 16.2 Å². The van der Waals surface area contributed by atoms with Crippen LogP contribution in [0.25, 0.3) is 0 Å². The maximum Gasteiger partial charge on any atom is 0.339 e. The topological polar surface area (TPSA) is 97.4 Å². The van der Waals surface area contributed by atoms with Crippen molar-refractivity contribution in [2.45, 2.75) is 57.7 Å². The Kier molecular flexibility index (Phi) is 3.04. The molecular weight excluding hydrogens is 332 g/mol. The Labute approximate surface area is 145 Å². The summed E-state index contributed by atoms with van der Waals surface area (Å²) in [4.78, 5) is 37.6. The summed E-state index contributed by atoms with van der Waals surface area (Å²) in [6.07, 6.45) is -2.92. The predicted molar refractivity (Wildman–Crippen MR) is 79.9 cm³/mol. The van der Waals surface area contributed by atoms with Gasteiger partial charge < -0.3 is 23.7 Å². The van der Waals surface area contributed by atoms with Gasteiger partial charge >= 0.3 is 17.9 Å². The molecule has 25 heavy (non-hydrogen) atoms. The smallest absolute Gasteiger partial charge is 0.339 e. The molecule has 4 fully saturated rings. The summed E-state index contributed by atoms with van der Waals surface area (Å²) < 4.78 is 27.9. The lowest BCUT2D eigenvalue weighted by atomic mass is 9.52. The first-order valence-corrected chi connectivity index (χ1v) is 8.31. The maximum atomic E-state index is 13.0. The van der Waals surface area contributed by atoms with E-state index in [-0.39, 0.29) is 12.8 Å². The van der Waals surface area contributed by atoms with E-state index in [0.29, 0.717) is 0 Å². The van der Waals surface area contributed by atoms with Crippen LogP contribution >= 0.6 is 0 Å². The summed E-state index contributed by atoms with van der Waals surface area (Å²) in [5.41, 5.74) is -4.21. The van der Waals surface area contributed by atoms with E-state index in [0.717, 1.165) is 0 Å². The molecule has 3 aliphatic heterocycles. The molecule has 0 amide bonds. The van der Waals surface area contributed by atoms with E-state index in [1.54, 1.807) is 0 Å².